The third-order valence-corrected chi connectivity index (χ3v) is 0. The van der Waals surface area contributed by atoms with Gasteiger partial charge in [0, 0.05) is 6.92 Å². The van der Waals surface area contributed by atoms with Crippen LogP contribution in [-0.4, -0.2) is 11.1 Å². The summed E-state index contributed by atoms with van der Waals surface area (Å²) in [7, 11) is 14.9. The van der Waals surface area contributed by atoms with Gasteiger partial charge in [0.25, 0.3) is 5.97 Å². The van der Waals surface area contributed by atoms with Crippen LogP contribution in [0.5, 0.6) is 0 Å². The molecule has 0 saturated carbocycles. The number of carboxylic acids is 1. The molecule has 0 aliphatic heterocycles. The third-order valence-electron chi connectivity index (χ3n) is 0. The molecule has 1 N–H and O–H groups in total. The minimum atomic E-state index is -1.92. The molecule has 0 bridgehead atoms. The second-order valence-electron chi connectivity index (χ2n) is 0.733. The van der Waals surface area contributed by atoms with E-state index in [4.69, 9.17) is 37.8 Å². The van der Waals surface area contributed by atoms with Gasteiger partial charge < -0.3 is 5.11 Å². The van der Waals surface area contributed by atoms with Crippen molar-refractivity contribution in [1.82, 2.24) is 0 Å². The summed E-state index contributed by atoms with van der Waals surface area (Å²) in [4.78, 5) is 9.00. The zero-order valence-corrected chi connectivity index (χ0v) is 7.82. The molecule has 0 amide bonds. The molecule has 0 spiro atoms. The fourth-order valence-corrected chi connectivity index (χ4v) is 0. The van der Waals surface area contributed by atoms with Crippen LogP contribution in [0, 0.1) is 0 Å². The molecule has 6 heteroatoms. The molecule has 0 aromatic heterocycles. The summed E-state index contributed by atoms with van der Waals surface area (Å²) in [5.41, 5.74) is 0. The topological polar surface area (TPSA) is 37.3 Å². The Morgan fingerprint density at radius 2 is 1.50 bits per heavy atom. The predicted molar refractivity (Wildman–Crippen MR) is 30.9 cm³/mol. The Bertz CT molecular complexity index is 59.5. The van der Waals surface area contributed by atoms with Gasteiger partial charge in [-0.3, -0.25) is 4.79 Å². The molecule has 0 rings (SSSR count). The van der Waals surface area contributed by atoms with E-state index in [1.807, 2.05) is 0 Å². The van der Waals surface area contributed by atoms with Gasteiger partial charge in [0.15, 0.2) is 0 Å². The Labute approximate surface area is 65.2 Å². The number of carboxylic acid groups (broad SMARTS) is 1. The Balaban J connectivity index is 0. The summed E-state index contributed by atoms with van der Waals surface area (Å²) in [6.45, 7) is 1.08. The number of carbonyl (C=O) groups is 1. The molecular formula is C2H4Cl3O2Ti. The quantitative estimate of drug-likeness (QED) is 0.627. The Hall–Kier alpha value is 1.05. The van der Waals surface area contributed by atoms with E-state index in [9.17, 15) is 0 Å². The van der Waals surface area contributed by atoms with Crippen molar-refractivity contribution in [2.75, 3.05) is 0 Å². The van der Waals surface area contributed by atoms with E-state index < -0.39 is 20.7 Å². The Kier molecular flexibility index (Phi) is 11.9. The SMILES string of the molecule is CC(=O)O.[Cl][Ti]([Cl])[Cl]. The van der Waals surface area contributed by atoms with Crippen molar-refractivity contribution in [3.63, 3.8) is 0 Å². The van der Waals surface area contributed by atoms with Crippen LogP contribution in [0.25, 0.3) is 0 Å². The van der Waals surface area contributed by atoms with Gasteiger partial charge in [-0.15, -0.1) is 0 Å². The molecule has 0 aromatic carbocycles. The van der Waals surface area contributed by atoms with Crippen LogP contribution in [-0.2, 0) is 19.5 Å². The van der Waals surface area contributed by atoms with Crippen LogP contribution in [0.1, 0.15) is 6.92 Å². The second-order valence-corrected chi connectivity index (χ2v) is 8.47. The normalized spacial score (nSPS) is 6.50. The molecule has 0 atom stereocenters. The average molecular weight is 214 g/mol. The van der Waals surface area contributed by atoms with Crippen LogP contribution in [0.4, 0.5) is 0 Å². The number of hydrogen-bond donors (Lipinski definition) is 1. The summed E-state index contributed by atoms with van der Waals surface area (Å²) < 4.78 is 0. The number of halogens is 3. The van der Waals surface area contributed by atoms with Gasteiger partial charge in [-0.05, 0) is 0 Å². The van der Waals surface area contributed by atoms with Crippen molar-refractivity contribution in [2.45, 2.75) is 6.92 Å². The maximum absolute atomic E-state index is 9.00. The summed E-state index contributed by atoms with van der Waals surface area (Å²) in [6, 6.07) is 0. The first-order chi connectivity index (χ1) is 3.46. The van der Waals surface area contributed by atoms with Crippen molar-refractivity contribution < 1.29 is 24.6 Å². The molecule has 2 nitrogen and oxygen atoms in total. The molecule has 0 radical (unpaired) electrons. The van der Waals surface area contributed by atoms with E-state index in [0.717, 1.165) is 6.92 Å². The van der Waals surface area contributed by atoms with Gasteiger partial charge in [-0.2, -0.15) is 0 Å². The number of hydrogen-bond acceptors (Lipinski definition) is 1. The molecule has 8 heavy (non-hydrogen) atoms. The van der Waals surface area contributed by atoms with Crippen molar-refractivity contribution >= 4 is 33.9 Å². The monoisotopic (exact) mass is 213 g/mol. The zero-order chi connectivity index (χ0) is 7.15. The van der Waals surface area contributed by atoms with Crippen LogP contribution in [0.15, 0.2) is 0 Å². The van der Waals surface area contributed by atoms with E-state index in [1.165, 1.54) is 0 Å². The first kappa shape index (κ1) is 11.8. The Morgan fingerprint density at radius 1 is 1.50 bits per heavy atom. The average Bonchev–Trinajstić information content (AvgIpc) is 1.25. The minimum absolute atomic E-state index is 0.833. The van der Waals surface area contributed by atoms with Crippen molar-refractivity contribution in [2.24, 2.45) is 0 Å². The fraction of sp³-hybridized carbons (Fsp3) is 0.500. The molecule has 0 aliphatic carbocycles. The summed E-state index contributed by atoms with van der Waals surface area (Å²) in [5, 5.41) is 7.42. The molecule has 49 valence electrons. The summed E-state index contributed by atoms with van der Waals surface area (Å²) in [5.74, 6) is -0.833. The second kappa shape index (κ2) is 8.05. The Morgan fingerprint density at radius 3 is 1.50 bits per heavy atom. The number of aliphatic carboxylic acids is 1. The van der Waals surface area contributed by atoms with Crippen LogP contribution < -0.4 is 0 Å². The van der Waals surface area contributed by atoms with Crippen LogP contribution in [0.2, 0.25) is 0 Å². The maximum atomic E-state index is 9.00. The van der Waals surface area contributed by atoms with Crippen molar-refractivity contribution in [1.29, 1.82) is 0 Å². The molecular weight excluding hydrogens is 210 g/mol. The van der Waals surface area contributed by atoms with E-state index in [1.54, 1.807) is 0 Å². The molecule has 0 saturated heterocycles. The van der Waals surface area contributed by atoms with Gasteiger partial charge in [0.1, 0.15) is 0 Å². The van der Waals surface area contributed by atoms with Gasteiger partial charge >= 0.3 is 42.6 Å². The molecule has 0 aromatic rings. The van der Waals surface area contributed by atoms with Crippen molar-refractivity contribution in [3.05, 3.63) is 0 Å². The predicted octanol–water partition coefficient (Wildman–Crippen LogP) is 2.16. The first-order valence-electron chi connectivity index (χ1n) is 1.49. The van der Waals surface area contributed by atoms with Crippen LogP contribution in [0.3, 0.4) is 0 Å². The summed E-state index contributed by atoms with van der Waals surface area (Å²) in [6.07, 6.45) is 0. The molecule has 0 unspecified atom stereocenters. The van der Waals surface area contributed by atoms with Gasteiger partial charge in [-0.25, -0.2) is 0 Å². The molecule has 0 fully saturated rings. The molecule has 0 aliphatic rings. The molecule has 0 heterocycles. The van der Waals surface area contributed by atoms with Gasteiger partial charge in [-0.1, -0.05) is 0 Å². The zero-order valence-electron chi connectivity index (χ0n) is 3.99. The van der Waals surface area contributed by atoms with Gasteiger partial charge in [0.2, 0.25) is 0 Å². The van der Waals surface area contributed by atoms with Gasteiger partial charge in [0.05, 0.1) is 0 Å². The van der Waals surface area contributed by atoms with E-state index in [0.29, 0.717) is 0 Å². The number of rotatable bonds is 0. The first-order valence-corrected chi connectivity index (χ1v) is 7.94. The van der Waals surface area contributed by atoms with E-state index >= 15 is 0 Å². The fourth-order valence-electron chi connectivity index (χ4n) is 0. The summed E-state index contributed by atoms with van der Waals surface area (Å²) >= 11 is -1.92. The third kappa shape index (κ3) is 233. The van der Waals surface area contributed by atoms with Crippen LogP contribution >= 0.6 is 27.9 Å². The standard InChI is InChI=1S/C2H4O2.3ClH.Ti/c1-2(3)4;;;;/h1H3,(H,3,4);3*1H;/q;;;;+3/p-3. The van der Waals surface area contributed by atoms with Crippen molar-refractivity contribution in [3.8, 4) is 0 Å². The van der Waals surface area contributed by atoms with E-state index in [2.05, 4.69) is 0 Å². The van der Waals surface area contributed by atoms with E-state index in [-0.39, 0.29) is 0 Å².